The number of aliphatic hydroxyl groups is 3. The van der Waals surface area contributed by atoms with E-state index < -0.39 is 0 Å². The van der Waals surface area contributed by atoms with Gasteiger partial charge in [0, 0.05) is 0 Å². The Morgan fingerprint density at radius 2 is 1.78 bits per heavy atom. The van der Waals surface area contributed by atoms with Crippen molar-refractivity contribution in [1.29, 1.82) is 0 Å². The minimum absolute atomic E-state index is 0.0475. The monoisotopic (exact) mass is 377 g/mol. The zero-order valence-corrected chi connectivity index (χ0v) is 17.8. The third-order valence-electron chi connectivity index (χ3n) is 9.98. The highest BCUT2D eigenvalue weighted by atomic mass is 16.3. The Morgan fingerprint density at radius 3 is 2.48 bits per heavy atom. The van der Waals surface area contributed by atoms with E-state index in [1.807, 2.05) is 0 Å². The maximum atomic E-state index is 11.5. The fourth-order valence-electron chi connectivity index (χ4n) is 8.54. The van der Waals surface area contributed by atoms with Crippen molar-refractivity contribution >= 4 is 0 Å². The Kier molecular flexibility index (Phi) is 5.22. The Morgan fingerprint density at radius 1 is 1.04 bits per heavy atom. The second-order valence-corrected chi connectivity index (χ2v) is 11.1. The largest absolute Gasteiger partial charge is 0.393 e. The van der Waals surface area contributed by atoms with Crippen LogP contribution in [0.5, 0.6) is 0 Å². The van der Waals surface area contributed by atoms with Gasteiger partial charge in [0.25, 0.3) is 0 Å². The van der Waals surface area contributed by atoms with Crippen LogP contribution in [0.25, 0.3) is 0 Å². The van der Waals surface area contributed by atoms with Gasteiger partial charge in [0.2, 0.25) is 0 Å². The molecule has 0 aromatic carbocycles. The maximum Gasteiger partial charge on any atom is 0.0602 e. The normalized spacial score (nSPS) is 56.1. The molecule has 4 aliphatic carbocycles. The van der Waals surface area contributed by atoms with Crippen LogP contribution in [0.3, 0.4) is 0 Å². The molecule has 3 N–H and O–H groups in total. The van der Waals surface area contributed by atoms with Gasteiger partial charge in [0.15, 0.2) is 0 Å². The first-order valence-corrected chi connectivity index (χ1v) is 11.6. The Labute approximate surface area is 165 Å². The summed E-state index contributed by atoms with van der Waals surface area (Å²) in [4.78, 5) is 0. The Balaban J connectivity index is 1.66. The number of rotatable bonds is 3. The first kappa shape index (κ1) is 20.2. The van der Waals surface area contributed by atoms with Crippen LogP contribution in [-0.2, 0) is 0 Å². The molecule has 1 radical (unpaired) electrons. The molecule has 4 rings (SSSR count). The molecule has 0 unspecified atom stereocenters. The fourth-order valence-corrected chi connectivity index (χ4v) is 8.54. The summed E-state index contributed by atoms with van der Waals surface area (Å²) in [7, 11) is 0. The lowest BCUT2D eigenvalue weighted by atomic mass is 9.43. The molecule has 4 saturated carbocycles. The van der Waals surface area contributed by atoms with Gasteiger partial charge in [-0.05, 0) is 91.3 Å². The van der Waals surface area contributed by atoms with E-state index in [0.717, 1.165) is 32.1 Å². The van der Waals surface area contributed by atoms with Crippen LogP contribution in [-0.4, -0.2) is 33.6 Å². The zero-order valence-electron chi connectivity index (χ0n) is 17.8. The third kappa shape index (κ3) is 2.86. The topological polar surface area (TPSA) is 60.7 Å². The molecular formula is C24H41O3. The molecule has 0 aromatic rings. The van der Waals surface area contributed by atoms with Crippen molar-refractivity contribution in [1.82, 2.24) is 0 Å². The van der Waals surface area contributed by atoms with E-state index in [2.05, 4.69) is 34.1 Å². The quantitative estimate of drug-likeness (QED) is 0.691. The summed E-state index contributed by atoms with van der Waals surface area (Å²) in [6.45, 7) is 9.34. The van der Waals surface area contributed by atoms with E-state index in [1.165, 1.54) is 19.3 Å². The molecule has 0 amide bonds. The van der Waals surface area contributed by atoms with Gasteiger partial charge < -0.3 is 15.3 Å². The molecule has 0 aromatic heterocycles. The molecule has 0 saturated heterocycles. The molecule has 3 nitrogen and oxygen atoms in total. The van der Waals surface area contributed by atoms with Crippen LogP contribution in [0.2, 0.25) is 0 Å². The molecular weight excluding hydrogens is 336 g/mol. The third-order valence-corrected chi connectivity index (χ3v) is 9.98. The second-order valence-electron chi connectivity index (χ2n) is 11.1. The average molecular weight is 378 g/mol. The van der Waals surface area contributed by atoms with Crippen LogP contribution >= 0.6 is 0 Å². The van der Waals surface area contributed by atoms with Crippen molar-refractivity contribution in [3.63, 3.8) is 0 Å². The molecule has 3 heteroatoms. The fraction of sp³-hybridized carbons (Fsp3) is 0.958. The van der Waals surface area contributed by atoms with E-state index in [-0.39, 0.29) is 29.1 Å². The molecule has 4 fully saturated rings. The molecule has 27 heavy (non-hydrogen) atoms. The Bertz CT molecular complexity index is 550. The lowest BCUT2D eigenvalue weighted by Crippen LogP contribution is -2.62. The first-order chi connectivity index (χ1) is 12.7. The van der Waals surface area contributed by atoms with Crippen molar-refractivity contribution in [2.75, 3.05) is 0 Å². The van der Waals surface area contributed by atoms with Gasteiger partial charge >= 0.3 is 0 Å². The van der Waals surface area contributed by atoms with E-state index >= 15 is 0 Å². The van der Waals surface area contributed by atoms with Gasteiger partial charge in [0.1, 0.15) is 0 Å². The SMILES string of the molecule is CCC[C@@H](C)[C@H]1CC[C@H]2[C@@H]3[C@H](O)C[C@@H]4C[C@H](O)C[CH][C@]4(C)[C@H]3C[C@H](O)[C@]12C. The molecule has 0 heterocycles. The summed E-state index contributed by atoms with van der Waals surface area (Å²) in [6, 6.07) is 0. The molecule has 0 bridgehead atoms. The minimum Gasteiger partial charge on any atom is -0.393 e. The lowest BCUT2D eigenvalue weighted by molar-refractivity contribution is -0.195. The van der Waals surface area contributed by atoms with Crippen LogP contribution in [0.15, 0.2) is 0 Å². The van der Waals surface area contributed by atoms with Crippen molar-refractivity contribution in [3.05, 3.63) is 6.42 Å². The van der Waals surface area contributed by atoms with Crippen LogP contribution in [0, 0.1) is 52.8 Å². The predicted molar refractivity (Wildman–Crippen MR) is 108 cm³/mol. The van der Waals surface area contributed by atoms with Gasteiger partial charge in [-0.1, -0.05) is 40.5 Å². The summed E-state index contributed by atoms with van der Waals surface area (Å²) in [5.74, 6) is 2.68. The minimum atomic E-state index is -0.274. The molecule has 11 atom stereocenters. The highest BCUT2D eigenvalue weighted by molar-refractivity contribution is 5.17. The molecule has 4 aliphatic rings. The van der Waals surface area contributed by atoms with E-state index in [1.54, 1.807) is 0 Å². The second kappa shape index (κ2) is 6.99. The molecule has 0 spiro atoms. The molecule has 0 aliphatic heterocycles. The van der Waals surface area contributed by atoms with Gasteiger partial charge in [-0.3, -0.25) is 0 Å². The number of aliphatic hydroxyl groups excluding tert-OH is 3. The van der Waals surface area contributed by atoms with E-state index in [9.17, 15) is 15.3 Å². The standard InChI is InChI=1S/C24H41O3/c1-5-6-14(2)17-7-8-18-22-19(13-21(27)24(17,18)4)23(3)10-9-16(25)11-15(23)12-20(22)26/h10,14-22,25-27H,5-9,11-13H2,1-4H3/t14-,15+,16-,17-,18+,19+,20-,21+,22+,23+,24-/m1/s1. The summed E-state index contributed by atoms with van der Waals surface area (Å²) >= 11 is 0. The lowest BCUT2D eigenvalue weighted by Gasteiger charge is -2.63. The summed E-state index contributed by atoms with van der Waals surface area (Å²) < 4.78 is 0. The van der Waals surface area contributed by atoms with E-state index in [4.69, 9.17) is 0 Å². The van der Waals surface area contributed by atoms with Crippen LogP contribution in [0.4, 0.5) is 0 Å². The number of hydrogen-bond acceptors (Lipinski definition) is 3. The van der Waals surface area contributed by atoms with Crippen molar-refractivity contribution in [3.8, 4) is 0 Å². The average Bonchev–Trinajstić information content (AvgIpc) is 2.96. The first-order valence-electron chi connectivity index (χ1n) is 11.6. The van der Waals surface area contributed by atoms with Gasteiger partial charge in [-0.25, -0.2) is 0 Å². The molecule has 155 valence electrons. The van der Waals surface area contributed by atoms with Crippen molar-refractivity contribution < 1.29 is 15.3 Å². The Hall–Kier alpha value is -0.120. The highest BCUT2D eigenvalue weighted by Crippen LogP contribution is 2.68. The maximum absolute atomic E-state index is 11.5. The van der Waals surface area contributed by atoms with E-state index in [0.29, 0.717) is 35.5 Å². The highest BCUT2D eigenvalue weighted by Gasteiger charge is 2.65. The van der Waals surface area contributed by atoms with Crippen molar-refractivity contribution in [2.24, 2.45) is 46.3 Å². The van der Waals surface area contributed by atoms with Crippen LogP contribution in [0.1, 0.15) is 79.1 Å². The zero-order chi connectivity index (χ0) is 19.6. The smallest absolute Gasteiger partial charge is 0.0602 e. The summed E-state index contributed by atoms with van der Waals surface area (Å²) in [5, 5.41) is 32.9. The summed E-state index contributed by atoms with van der Waals surface area (Å²) in [5.41, 5.74) is 0.00662. The number of hydrogen-bond donors (Lipinski definition) is 3. The van der Waals surface area contributed by atoms with Gasteiger partial charge in [-0.2, -0.15) is 0 Å². The van der Waals surface area contributed by atoms with Gasteiger partial charge in [0.05, 0.1) is 18.3 Å². The van der Waals surface area contributed by atoms with Gasteiger partial charge in [-0.15, -0.1) is 0 Å². The van der Waals surface area contributed by atoms with Crippen LogP contribution < -0.4 is 0 Å². The predicted octanol–water partition coefficient (Wildman–Crippen LogP) is 4.20. The number of fused-ring (bicyclic) bond motifs is 5. The van der Waals surface area contributed by atoms with Crippen molar-refractivity contribution in [2.45, 2.75) is 97.4 Å². The summed E-state index contributed by atoms with van der Waals surface area (Å²) in [6.07, 6.45) is 9.60.